The predicted molar refractivity (Wildman–Crippen MR) is 61.0 cm³/mol. The van der Waals surface area contributed by atoms with Gasteiger partial charge in [0.25, 0.3) is 0 Å². The summed E-state index contributed by atoms with van der Waals surface area (Å²) in [6, 6.07) is -0.150. The highest BCUT2D eigenvalue weighted by atomic mass is 16.5. The minimum atomic E-state index is -0.150. The van der Waals surface area contributed by atoms with Gasteiger partial charge in [-0.2, -0.15) is 4.98 Å². The standard InChI is InChI=1S/C11H20N4O/c1-3-15-6-4-5-9(7-15)11-13-10(8(2)12)14-16-11/h8-9H,3-7,12H2,1-2H3. The van der Waals surface area contributed by atoms with Crippen LogP contribution in [0.15, 0.2) is 4.52 Å². The normalized spacial score (nSPS) is 24.6. The summed E-state index contributed by atoms with van der Waals surface area (Å²) in [7, 11) is 0. The Morgan fingerprint density at radius 3 is 3.06 bits per heavy atom. The number of likely N-dealkylation sites (tertiary alicyclic amines) is 1. The Balaban J connectivity index is 2.05. The summed E-state index contributed by atoms with van der Waals surface area (Å²) < 4.78 is 5.29. The van der Waals surface area contributed by atoms with E-state index < -0.39 is 0 Å². The predicted octanol–water partition coefficient (Wildman–Crippen LogP) is 1.29. The molecule has 2 heterocycles. The maximum absolute atomic E-state index is 5.71. The zero-order chi connectivity index (χ0) is 11.5. The number of aromatic nitrogens is 2. The molecule has 0 aromatic carbocycles. The van der Waals surface area contributed by atoms with Crippen molar-refractivity contribution in [2.45, 2.75) is 38.6 Å². The minimum absolute atomic E-state index is 0.150. The first-order valence-corrected chi connectivity index (χ1v) is 6.02. The lowest BCUT2D eigenvalue weighted by Gasteiger charge is -2.29. The number of hydrogen-bond acceptors (Lipinski definition) is 5. The van der Waals surface area contributed by atoms with Gasteiger partial charge in [-0.1, -0.05) is 12.1 Å². The van der Waals surface area contributed by atoms with Gasteiger partial charge < -0.3 is 15.2 Å². The molecule has 16 heavy (non-hydrogen) atoms. The van der Waals surface area contributed by atoms with Gasteiger partial charge in [0.1, 0.15) is 0 Å². The van der Waals surface area contributed by atoms with Crippen LogP contribution in [-0.2, 0) is 0 Å². The summed E-state index contributed by atoms with van der Waals surface area (Å²) in [6.45, 7) is 7.35. The third kappa shape index (κ3) is 2.41. The zero-order valence-electron chi connectivity index (χ0n) is 10.0. The lowest BCUT2D eigenvalue weighted by Crippen LogP contribution is -2.34. The van der Waals surface area contributed by atoms with Crippen LogP contribution in [0.1, 0.15) is 50.4 Å². The molecule has 2 rings (SSSR count). The second-order valence-electron chi connectivity index (χ2n) is 4.51. The van der Waals surface area contributed by atoms with E-state index in [1.807, 2.05) is 6.92 Å². The van der Waals surface area contributed by atoms with Gasteiger partial charge in [0.15, 0.2) is 5.82 Å². The Morgan fingerprint density at radius 1 is 1.62 bits per heavy atom. The Bertz CT molecular complexity index is 336. The monoisotopic (exact) mass is 224 g/mol. The molecule has 0 radical (unpaired) electrons. The molecule has 2 unspecified atom stereocenters. The molecule has 2 N–H and O–H groups in total. The van der Waals surface area contributed by atoms with Crippen LogP contribution in [0.2, 0.25) is 0 Å². The number of piperidine rings is 1. The fourth-order valence-corrected chi connectivity index (χ4v) is 2.14. The lowest BCUT2D eigenvalue weighted by atomic mass is 9.98. The van der Waals surface area contributed by atoms with Gasteiger partial charge >= 0.3 is 0 Å². The van der Waals surface area contributed by atoms with Crippen molar-refractivity contribution < 1.29 is 4.52 Å². The van der Waals surface area contributed by atoms with E-state index in [1.165, 1.54) is 13.0 Å². The molecule has 1 aromatic rings. The minimum Gasteiger partial charge on any atom is -0.339 e. The zero-order valence-corrected chi connectivity index (χ0v) is 10.0. The van der Waals surface area contributed by atoms with E-state index in [9.17, 15) is 0 Å². The van der Waals surface area contributed by atoms with E-state index in [-0.39, 0.29) is 6.04 Å². The SMILES string of the molecule is CCN1CCCC(c2nc(C(C)N)no2)C1. The highest BCUT2D eigenvalue weighted by Gasteiger charge is 2.25. The third-order valence-electron chi connectivity index (χ3n) is 3.17. The molecule has 1 aliphatic rings. The maximum Gasteiger partial charge on any atom is 0.231 e. The average Bonchev–Trinajstić information content (AvgIpc) is 2.78. The molecular formula is C11H20N4O. The molecule has 5 nitrogen and oxygen atoms in total. The highest BCUT2D eigenvalue weighted by molar-refractivity contribution is 4.99. The smallest absolute Gasteiger partial charge is 0.231 e. The molecule has 90 valence electrons. The largest absolute Gasteiger partial charge is 0.339 e. The fraction of sp³-hybridized carbons (Fsp3) is 0.818. The van der Waals surface area contributed by atoms with Crippen molar-refractivity contribution in [1.82, 2.24) is 15.0 Å². The second kappa shape index (κ2) is 4.93. The van der Waals surface area contributed by atoms with Crippen LogP contribution >= 0.6 is 0 Å². The van der Waals surface area contributed by atoms with Crippen molar-refractivity contribution in [2.75, 3.05) is 19.6 Å². The van der Waals surface area contributed by atoms with Crippen LogP contribution in [0.4, 0.5) is 0 Å². The number of likely N-dealkylation sites (N-methyl/N-ethyl adjacent to an activating group) is 1. The first kappa shape index (κ1) is 11.5. The van der Waals surface area contributed by atoms with E-state index in [0.717, 1.165) is 25.4 Å². The van der Waals surface area contributed by atoms with Gasteiger partial charge in [-0.15, -0.1) is 0 Å². The second-order valence-corrected chi connectivity index (χ2v) is 4.51. The van der Waals surface area contributed by atoms with Crippen LogP contribution in [-0.4, -0.2) is 34.7 Å². The lowest BCUT2D eigenvalue weighted by molar-refractivity contribution is 0.194. The van der Waals surface area contributed by atoms with Crippen molar-refractivity contribution in [1.29, 1.82) is 0 Å². The van der Waals surface area contributed by atoms with Crippen molar-refractivity contribution >= 4 is 0 Å². The van der Waals surface area contributed by atoms with E-state index >= 15 is 0 Å². The van der Waals surface area contributed by atoms with E-state index in [2.05, 4.69) is 22.0 Å². The van der Waals surface area contributed by atoms with Crippen molar-refractivity contribution in [3.05, 3.63) is 11.7 Å². The van der Waals surface area contributed by atoms with Crippen LogP contribution in [0, 0.1) is 0 Å². The molecule has 2 atom stereocenters. The summed E-state index contributed by atoms with van der Waals surface area (Å²) in [5.74, 6) is 1.75. The molecule has 0 spiro atoms. The molecule has 5 heteroatoms. The number of nitrogens with two attached hydrogens (primary N) is 1. The Labute approximate surface area is 96.0 Å². The Kier molecular flexibility index (Phi) is 3.56. The van der Waals surface area contributed by atoms with Gasteiger partial charge in [0, 0.05) is 6.54 Å². The molecule has 0 saturated carbocycles. The van der Waals surface area contributed by atoms with Gasteiger partial charge in [-0.3, -0.25) is 0 Å². The number of rotatable bonds is 3. The molecule has 1 aromatic heterocycles. The van der Waals surface area contributed by atoms with Crippen molar-refractivity contribution in [2.24, 2.45) is 5.73 Å². The van der Waals surface area contributed by atoms with Crippen LogP contribution < -0.4 is 5.73 Å². The van der Waals surface area contributed by atoms with E-state index in [1.54, 1.807) is 0 Å². The van der Waals surface area contributed by atoms with Gasteiger partial charge in [0.2, 0.25) is 5.89 Å². The summed E-state index contributed by atoms with van der Waals surface area (Å²) >= 11 is 0. The van der Waals surface area contributed by atoms with Crippen LogP contribution in [0.3, 0.4) is 0 Å². The van der Waals surface area contributed by atoms with Gasteiger partial charge in [-0.05, 0) is 32.9 Å². The molecule has 1 aliphatic heterocycles. The molecule has 0 bridgehead atoms. The molecule has 0 amide bonds. The number of hydrogen-bond donors (Lipinski definition) is 1. The first-order valence-electron chi connectivity index (χ1n) is 6.02. The Morgan fingerprint density at radius 2 is 2.44 bits per heavy atom. The summed E-state index contributed by atoms with van der Waals surface area (Å²) in [6.07, 6.45) is 2.34. The van der Waals surface area contributed by atoms with E-state index in [4.69, 9.17) is 10.3 Å². The third-order valence-corrected chi connectivity index (χ3v) is 3.17. The fourth-order valence-electron chi connectivity index (χ4n) is 2.14. The van der Waals surface area contributed by atoms with Gasteiger partial charge in [-0.25, -0.2) is 0 Å². The summed E-state index contributed by atoms with van der Waals surface area (Å²) in [5.41, 5.74) is 5.71. The van der Waals surface area contributed by atoms with Crippen molar-refractivity contribution in [3.63, 3.8) is 0 Å². The van der Waals surface area contributed by atoms with Crippen LogP contribution in [0.5, 0.6) is 0 Å². The van der Waals surface area contributed by atoms with Gasteiger partial charge in [0.05, 0.1) is 12.0 Å². The quantitative estimate of drug-likeness (QED) is 0.837. The van der Waals surface area contributed by atoms with Crippen molar-refractivity contribution in [3.8, 4) is 0 Å². The maximum atomic E-state index is 5.71. The van der Waals surface area contributed by atoms with Crippen LogP contribution in [0.25, 0.3) is 0 Å². The molecule has 1 saturated heterocycles. The first-order chi connectivity index (χ1) is 7.70. The molecule has 1 fully saturated rings. The topological polar surface area (TPSA) is 68.2 Å². The molecular weight excluding hydrogens is 204 g/mol. The average molecular weight is 224 g/mol. The number of nitrogens with zero attached hydrogens (tertiary/aromatic N) is 3. The summed E-state index contributed by atoms with van der Waals surface area (Å²) in [4.78, 5) is 6.79. The van der Waals surface area contributed by atoms with E-state index in [0.29, 0.717) is 11.7 Å². The Hall–Kier alpha value is -0.940. The summed E-state index contributed by atoms with van der Waals surface area (Å²) in [5, 5.41) is 3.91. The highest BCUT2D eigenvalue weighted by Crippen LogP contribution is 2.25. The molecule has 0 aliphatic carbocycles.